The zero-order chi connectivity index (χ0) is 18.9. The highest BCUT2D eigenvalue weighted by Gasteiger charge is 2.31. The Morgan fingerprint density at radius 2 is 1.77 bits per heavy atom. The molecule has 0 fully saturated rings. The van der Waals surface area contributed by atoms with Gasteiger partial charge in [0.2, 0.25) is 0 Å². The summed E-state index contributed by atoms with van der Waals surface area (Å²) in [7, 11) is -3.81. The van der Waals surface area contributed by atoms with Crippen molar-refractivity contribution in [2.75, 3.05) is 0 Å². The highest BCUT2D eigenvalue weighted by Crippen LogP contribution is 2.30. The lowest BCUT2D eigenvalue weighted by Crippen LogP contribution is -2.12. The van der Waals surface area contributed by atoms with Gasteiger partial charge >= 0.3 is 6.18 Å². The van der Waals surface area contributed by atoms with Gasteiger partial charge in [0.25, 0.3) is 0 Å². The van der Waals surface area contributed by atoms with Crippen molar-refractivity contribution >= 4 is 21.4 Å². The maximum atomic E-state index is 12.9. The van der Waals surface area contributed by atoms with Crippen molar-refractivity contribution in [1.82, 2.24) is 20.2 Å². The largest absolute Gasteiger partial charge is 0.416 e. The molecule has 1 aromatic heterocycles. The van der Waals surface area contributed by atoms with Gasteiger partial charge in [0.1, 0.15) is 5.75 Å². The van der Waals surface area contributed by atoms with Gasteiger partial charge in [-0.3, -0.25) is 0 Å². The van der Waals surface area contributed by atoms with Crippen molar-refractivity contribution in [3.8, 4) is 5.69 Å². The van der Waals surface area contributed by atoms with Crippen LogP contribution in [0.1, 0.15) is 11.4 Å². The minimum atomic E-state index is -4.54. The number of aromatic nitrogens is 4. The van der Waals surface area contributed by atoms with Gasteiger partial charge in [-0.15, -0.1) is 5.10 Å². The minimum Gasteiger partial charge on any atom is -0.223 e. The molecule has 0 amide bonds. The molecule has 26 heavy (non-hydrogen) atoms. The highest BCUT2D eigenvalue weighted by molar-refractivity contribution is 7.90. The molecule has 0 N–H and O–H groups in total. The minimum absolute atomic E-state index is 0.000456. The second kappa shape index (κ2) is 6.69. The molecular weight excluding hydrogens is 393 g/mol. The Kier molecular flexibility index (Phi) is 4.72. The Morgan fingerprint density at radius 1 is 1.08 bits per heavy atom. The van der Waals surface area contributed by atoms with E-state index in [4.69, 9.17) is 11.6 Å². The van der Waals surface area contributed by atoms with Crippen LogP contribution in [-0.2, 0) is 21.8 Å². The number of sulfone groups is 1. The van der Waals surface area contributed by atoms with Crippen LogP contribution in [0.3, 0.4) is 0 Å². The molecule has 0 bridgehead atoms. The van der Waals surface area contributed by atoms with E-state index in [2.05, 4.69) is 15.5 Å². The number of alkyl halides is 3. The van der Waals surface area contributed by atoms with Crippen LogP contribution in [0.15, 0.2) is 53.4 Å². The first-order chi connectivity index (χ1) is 12.2. The molecule has 6 nitrogen and oxygen atoms in total. The van der Waals surface area contributed by atoms with Crippen LogP contribution in [0.2, 0.25) is 5.02 Å². The van der Waals surface area contributed by atoms with Crippen molar-refractivity contribution in [2.45, 2.75) is 16.8 Å². The number of tetrazole rings is 1. The number of rotatable bonds is 4. The van der Waals surface area contributed by atoms with Crippen LogP contribution in [0.4, 0.5) is 13.2 Å². The van der Waals surface area contributed by atoms with Gasteiger partial charge in [-0.2, -0.15) is 17.9 Å². The Hall–Kier alpha value is -2.46. The number of hydrogen-bond donors (Lipinski definition) is 0. The van der Waals surface area contributed by atoms with Crippen molar-refractivity contribution in [3.05, 3.63) is 64.9 Å². The molecule has 2 aromatic carbocycles. The van der Waals surface area contributed by atoms with E-state index in [0.717, 1.165) is 16.8 Å². The molecule has 136 valence electrons. The van der Waals surface area contributed by atoms with Gasteiger partial charge in [-0.05, 0) is 52.9 Å². The molecule has 3 rings (SSSR count). The molecule has 0 aliphatic rings. The quantitative estimate of drug-likeness (QED) is 0.669. The van der Waals surface area contributed by atoms with Crippen molar-refractivity contribution < 1.29 is 21.6 Å². The van der Waals surface area contributed by atoms with E-state index in [0.29, 0.717) is 5.02 Å². The second-order valence-corrected chi connectivity index (χ2v) is 7.69. The Labute approximate surface area is 151 Å². The van der Waals surface area contributed by atoms with Crippen molar-refractivity contribution in [3.63, 3.8) is 0 Å². The first-order valence-electron chi connectivity index (χ1n) is 7.10. The van der Waals surface area contributed by atoms with Crippen LogP contribution >= 0.6 is 11.6 Å². The maximum Gasteiger partial charge on any atom is 0.416 e. The lowest BCUT2D eigenvalue weighted by molar-refractivity contribution is -0.137. The Morgan fingerprint density at radius 3 is 2.42 bits per heavy atom. The van der Waals surface area contributed by atoms with E-state index >= 15 is 0 Å². The number of benzene rings is 2. The molecule has 0 saturated heterocycles. The molecule has 0 atom stereocenters. The Bertz CT molecular complexity index is 1030. The summed E-state index contributed by atoms with van der Waals surface area (Å²) in [6.07, 6.45) is -4.54. The molecule has 0 unspecified atom stereocenters. The summed E-state index contributed by atoms with van der Waals surface area (Å²) in [4.78, 5) is 0.000456. The molecule has 0 aliphatic heterocycles. The molecule has 0 saturated carbocycles. The second-order valence-electron chi connectivity index (χ2n) is 5.27. The SMILES string of the molecule is O=S(=O)(Cc1nnnn1-c1cccc(C(F)(F)F)c1)c1ccc(Cl)cc1. The summed E-state index contributed by atoms with van der Waals surface area (Å²) in [6, 6.07) is 9.79. The predicted molar refractivity (Wildman–Crippen MR) is 86.5 cm³/mol. The fourth-order valence-corrected chi connectivity index (χ4v) is 3.57. The van der Waals surface area contributed by atoms with Gasteiger partial charge in [-0.1, -0.05) is 17.7 Å². The molecule has 3 aromatic rings. The number of nitrogens with zero attached hydrogens (tertiary/aromatic N) is 4. The van der Waals surface area contributed by atoms with Gasteiger partial charge in [0.05, 0.1) is 16.1 Å². The standard InChI is InChI=1S/C15H10ClF3N4O2S/c16-11-4-6-13(7-5-11)26(24,25)9-14-20-21-22-23(14)12-3-1-2-10(8-12)15(17,18)19/h1-8H,9H2. The van der Waals surface area contributed by atoms with E-state index in [9.17, 15) is 21.6 Å². The molecule has 1 heterocycles. The fourth-order valence-electron chi connectivity index (χ4n) is 2.21. The predicted octanol–water partition coefficient (Wildman–Crippen LogP) is 3.31. The van der Waals surface area contributed by atoms with Gasteiger partial charge in [-0.25, -0.2) is 8.42 Å². The number of halogens is 4. The molecule has 11 heteroatoms. The summed E-state index contributed by atoms with van der Waals surface area (Å²) in [6.45, 7) is 0. The summed E-state index contributed by atoms with van der Waals surface area (Å²) in [5, 5.41) is 11.0. The van der Waals surface area contributed by atoms with E-state index in [-0.39, 0.29) is 16.4 Å². The smallest absolute Gasteiger partial charge is 0.223 e. The highest BCUT2D eigenvalue weighted by atomic mass is 35.5. The van der Waals surface area contributed by atoms with E-state index in [1.54, 1.807) is 0 Å². The van der Waals surface area contributed by atoms with Gasteiger partial charge in [0, 0.05) is 5.02 Å². The molecule has 0 aliphatic carbocycles. The summed E-state index contributed by atoms with van der Waals surface area (Å²) < 4.78 is 64.5. The van der Waals surface area contributed by atoms with Crippen LogP contribution in [0.25, 0.3) is 5.69 Å². The average molecular weight is 403 g/mol. The third-order valence-corrected chi connectivity index (χ3v) is 5.32. The van der Waals surface area contributed by atoms with E-state index in [1.807, 2.05) is 0 Å². The van der Waals surface area contributed by atoms with Crippen LogP contribution in [0, 0.1) is 0 Å². The lowest BCUT2D eigenvalue weighted by Gasteiger charge is -2.10. The normalized spacial score (nSPS) is 12.3. The zero-order valence-corrected chi connectivity index (χ0v) is 14.4. The summed E-state index contributed by atoms with van der Waals surface area (Å²) >= 11 is 5.74. The van der Waals surface area contributed by atoms with Gasteiger partial charge in [0.15, 0.2) is 15.7 Å². The lowest BCUT2D eigenvalue weighted by atomic mass is 10.2. The maximum absolute atomic E-state index is 12.9. The zero-order valence-electron chi connectivity index (χ0n) is 12.9. The third-order valence-electron chi connectivity index (χ3n) is 3.44. The van der Waals surface area contributed by atoms with Crippen LogP contribution in [0.5, 0.6) is 0 Å². The van der Waals surface area contributed by atoms with Crippen LogP contribution < -0.4 is 0 Å². The summed E-state index contributed by atoms with van der Waals surface area (Å²) in [5.74, 6) is -0.697. The summed E-state index contributed by atoms with van der Waals surface area (Å²) in [5.41, 5.74) is -0.886. The fraction of sp³-hybridized carbons (Fsp3) is 0.133. The molecule has 0 spiro atoms. The number of hydrogen-bond acceptors (Lipinski definition) is 5. The molecule has 0 radical (unpaired) electrons. The third kappa shape index (κ3) is 3.86. The van der Waals surface area contributed by atoms with Gasteiger partial charge < -0.3 is 0 Å². The Balaban J connectivity index is 1.96. The van der Waals surface area contributed by atoms with Crippen molar-refractivity contribution in [1.29, 1.82) is 0 Å². The van der Waals surface area contributed by atoms with Crippen LogP contribution in [-0.4, -0.2) is 28.6 Å². The topological polar surface area (TPSA) is 77.7 Å². The monoisotopic (exact) mass is 402 g/mol. The first-order valence-corrected chi connectivity index (χ1v) is 9.13. The van der Waals surface area contributed by atoms with Crippen molar-refractivity contribution in [2.24, 2.45) is 0 Å². The average Bonchev–Trinajstić information content (AvgIpc) is 3.02. The first kappa shape index (κ1) is 18.3. The van der Waals surface area contributed by atoms with E-state index in [1.165, 1.54) is 36.4 Å². The molecular formula is C15H10ClF3N4O2S. The van der Waals surface area contributed by atoms with E-state index < -0.39 is 27.3 Å².